The fourth-order valence-electron chi connectivity index (χ4n) is 1.90. The fourth-order valence-corrected chi connectivity index (χ4v) is 2.14. The van der Waals surface area contributed by atoms with Crippen molar-refractivity contribution in [2.45, 2.75) is 12.2 Å². The number of amides is 3. The predicted octanol–water partition coefficient (Wildman–Crippen LogP) is -0.975. The van der Waals surface area contributed by atoms with E-state index in [2.05, 4.69) is 5.32 Å². The maximum atomic E-state index is 11.9. The van der Waals surface area contributed by atoms with Gasteiger partial charge in [-0.25, -0.2) is 4.79 Å². The van der Waals surface area contributed by atoms with Crippen molar-refractivity contribution in [2.24, 2.45) is 0 Å². The summed E-state index contributed by atoms with van der Waals surface area (Å²) in [7, 11) is 4.87. The van der Waals surface area contributed by atoms with Crippen molar-refractivity contribution < 1.29 is 9.59 Å². The number of nitrogens with zero attached hydrogens (tertiary/aromatic N) is 3. The van der Waals surface area contributed by atoms with Crippen LogP contribution >= 0.6 is 12.2 Å². The molecule has 0 unspecified atom stereocenters. The summed E-state index contributed by atoms with van der Waals surface area (Å²) >= 11 is 5.05. The Balaban J connectivity index is 2.38. The van der Waals surface area contributed by atoms with E-state index in [1.54, 1.807) is 19.0 Å². The summed E-state index contributed by atoms with van der Waals surface area (Å²) in [5.41, 5.74) is 0. The summed E-state index contributed by atoms with van der Waals surface area (Å²) in [6.45, 7) is 0. The fraction of sp³-hybridized carbons (Fsp3) is 0.625. The molecule has 7 heteroatoms. The van der Waals surface area contributed by atoms with Gasteiger partial charge in [0.25, 0.3) is 5.91 Å². The summed E-state index contributed by atoms with van der Waals surface area (Å²) < 4.78 is 0. The zero-order chi connectivity index (χ0) is 11.3. The van der Waals surface area contributed by atoms with E-state index in [9.17, 15) is 9.59 Å². The predicted molar refractivity (Wildman–Crippen MR) is 57.0 cm³/mol. The second kappa shape index (κ2) is 3.06. The van der Waals surface area contributed by atoms with Crippen LogP contribution in [0.1, 0.15) is 0 Å². The standard InChI is InChI=1S/C8H12N4O2S/c1-10-4-5(9-7(10)15)11(2)8(14)12(3)6(4)13/h4-5H,1-3H3,(H,9,15)/t4-,5+/m1/s1. The van der Waals surface area contributed by atoms with Gasteiger partial charge in [0.05, 0.1) is 0 Å². The van der Waals surface area contributed by atoms with Crippen LogP contribution in [0, 0.1) is 0 Å². The van der Waals surface area contributed by atoms with E-state index in [1.165, 1.54) is 11.9 Å². The normalized spacial score (nSPS) is 30.9. The maximum Gasteiger partial charge on any atom is 0.327 e. The number of imide groups is 1. The average molecular weight is 228 g/mol. The van der Waals surface area contributed by atoms with E-state index in [4.69, 9.17) is 12.2 Å². The van der Waals surface area contributed by atoms with Crippen LogP contribution in [0.2, 0.25) is 0 Å². The lowest BCUT2D eigenvalue weighted by Gasteiger charge is -2.38. The molecule has 2 atom stereocenters. The molecule has 0 aliphatic carbocycles. The molecule has 2 saturated heterocycles. The summed E-state index contributed by atoms with van der Waals surface area (Å²) in [5, 5.41) is 3.45. The molecule has 1 N–H and O–H groups in total. The molecule has 2 rings (SSSR count). The highest BCUT2D eigenvalue weighted by molar-refractivity contribution is 7.80. The van der Waals surface area contributed by atoms with Crippen LogP contribution in [0.15, 0.2) is 0 Å². The molecule has 2 fully saturated rings. The van der Waals surface area contributed by atoms with Crippen molar-refractivity contribution >= 4 is 29.3 Å². The number of hydrogen-bond acceptors (Lipinski definition) is 3. The minimum absolute atomic E-state index is 0.224. The molecule has 2 aliphatic rings. The Labute approximate surface area is 92.8 Å². The van der Waals surface area contributed by atoms with Crippen LogP contribution in [0.5, 0.6) is 0 Å². The molecule has 0 radical (unpaired) electrons. The van der Waals surface area contributed by atoms with Gasteiger partial charge in [0.15, 0.2) is 5.11 Å². The maximum absolute atomic E-state index is 11.9. The monoisotopic (exact) mass is 228 g/mol. The van der Waals surface area contributed by atoms with Gasteiger partial charge in [-0.1, -0.05) is 0 Å². The second-order valence-corrected chi connectivity index (χ2v) is 4.13. The Morgan fingerprint density at radius 2 is 1.80 bits per heavy atom. The third-order valence-electron chi connectivity index (χ3n) is 2.90. The third kappa shape index (κ3) is 1.19. The van der Waals surface area contributed by atoms with Gasteiger partial charge >= 0.3 is 6.03 Å². The molecule has 82 valence electrons. The van der Waals surface area contributed by atoms with Crippen LogP contribution < -0.4 is 5.32 Å². The number of nitrogens with one attached hydrogen (secondary N) is 1. The molecule has 0 bridgehead atoms. The van der Waals surface area contributed by atoms with Crippen molar-refractivity contribution in [3.8, 4) is 0 Å². The van der Waals surface area contributed by atoms with Gasteiger partial charge in [-0.2, -0.15) is 0 Å². The summed E-state index contributed by atoms with van der Waals surface area (Å²) in [6, 6.07) is -0.725. The zero-order valence-electron chi connectivity index (χ0n) is 8.72. The Kier molecular flexibility index (Phi) is 2.07. The van der Waals surface area contributed by atoms with Crippen molar-refractivity contribution in [1.82, 2.24) is 20.0 Å². The number of fused-ring (bicyclic) bond motifs is 1. The second-order valence-electron chi connectivity index (χ2n) is 3.74. The Hall–Kier alpha value is -1.37. The number of likely N-dealkylation sites (N-methyl/N-ethyl adjacent to an activating group) is 3. The SMILES string of the molecule is CN1C(=O)[C@H]2[C@@H](NC(=S)N2C)N(C)C1=O. The summed E-state index contributed by atoms with van der Waals surface area (Å²) in [5.74, 6) is -0.224. The molecule has 3 amide bonds. The molecular weight excluding hydrogens is 216 g/mol. The van der Waals surface area contributed by atoms with E-state index in [0.717, 1.165) is 4.90 Å². The number of carbonyl (C=O) groups excluding carboxylic acids is 2. The number of hydrogen-bond donors (Lipinski definition) is 1. The lowest BCUT2D eigenvalue weighted by atomic mass is 10.1. The van der Waals surface area contributed by atoms with Crippen molar-refractivity contribution in [3.63, 3.8) is 0 Å². The van der Waals surface area contributed by atoms with Gasteiger partial charge in [0, 0.05) is 21.1 Å². The van der Waals surface area contributed by atoms with E-state index in [0.29, 0.717) is 5.11 Å². The van der Waals surface area contributed by atoms with Crippen molar-refractivity contribution in [3.05, 3.63) is 0 Å². The first-order valence-electron chi connectivity index (χ1n) is 4.53. The molecule has 6 nitrogen and oxygen atoms in total. The van der Waals surface area contributed by atoms with E-state index < -0.39 is 6.04 Å². The zero-order valence-corrected chi connectivity index (χ0v) is 9.54. The topological polar surface area (TPSA) is 55.9 Å². The van der Waals surface area contributed by atoms with E-state index in [-0.39, 0.29) is 18.1 Å². The first-order valence-corrected chi connectivity index (χ1v) is 4.93. The lowest BCUT2D eigenvalue weighted by Crippen LogP contribution is -2.64. The Bertz CT molecular complexity index is 359. The van der Waals surface area contributed by atoms with Gasteiger partial charge in [-0.05, 0) is 12.2 Å². The average Bonchev–Trinajstić information content (AvgIpc) is 2.50. The summed E-state index contributed by atoms with van der Waals surface area (Å²) in [6.07, 6.45) is -0.348. The van der Waals surface area contributed by atoms with Crippen LogP contribution in [0.3, 0.4) is 0 Å². The minimum atomic E-state index is -0.412. The highest BCUT2D eigenvalue weighted by atomic mass is 32.1. The Morgan fingerprint density at radius 1 is 1.20 bits per heavy atom. The number of urea groups is 1. The largest absolute Gasteiger partial charge is 0.340 e. The highest BCUT2D eigenvalue weighted by Gasteiger charge is 2.50. The molecule has 0 saturated carbocycles. The van der Waals surface area contributed by atoms with Crippen LogP contribution in [0.4, 0.5) is 4.79 Å². The van der Waals surface area contributed by atoms with Gasteiger partial charge in [0.1, 0.15) is 12.2 Å². The molecule has 2 heterocycles. The highest BCUT2D eigenvalue weighted by Crippen LogP contribution is 2.22. The minimum Gasteiger partial charge on any atom is -0.340 e. The molecule has 0 aromatic rings. The van der Waals surface area contributed by atoms with Crippen molar-refractivity contribution in [1.29, 1.82) is 0 Å². The molecule has 15 heavy (non-hydrogen) atoms. The number of thiocarbonyl (C=S) groups is 1. The smallest absolute Gasteiger partial charge is 0.327 e. The quantitative estimate of drug-likeness (QED) is 0.540. The van der Waals surface area contributed by atoms with Crippen LogP contribution in [-0.2, 0) is 4.79 Å². The van der Waals surface area contributed by atoms with Gasteiger partial charge < -0.3 is 15.1 Å². The van der Waals surface area contributed by atoms with Crippen molar-refractivity contribution in [2.75, 3.05) is 21.1 Å². The molecular formula is C8H12N4O2S. The third-order valence-corrected chi connectivity index (χ3v) is 3.30. The van der Waals surface area contributed by atoms with Crippen LogP contribution in [-0.4, -0.2) is 65.1 Å². The number of rotatable bonds is 0. The molecule has 2 aliphatic heterocycles. The number of carbonyl (C=O) groups is 2. The lowest BCUT2D eigenvalue weighted by molar-refractivity contribution is -0.135. The Morgan fingerprint density at radius 3 is 2.40 bits per heavy atom. The van der Waals surface area contributed by atoms with Crippen LogP contribution in [0.25, 0.3) is 0 Å². The first-order chi connectivity index (χ1) is 6.95. The van der Waals surface area contributed by atoms with E-state index in [1.807, 2.05) is 0 Å². The summed E-state index contributed by atoms with van der Waals surface area (Å²) in [4.78, 5) is 27.8. The molecule has 0 aromatic heterocycles. The van der Waals surface area contributed by atoms with Gasteiger partial charge in [-0.3, -0.25) is 9.69 Å². The van der Waals surface area contributed by atoms with Gasteiger partial charge in [0.2, 0.25) is 0 Å². The first kappa shape index (κ1) is 10.2. The molecule has 0 aromatic carbocycles. The van der Waals surface area contributed by atoms with E-state index >= 15 is 0 Å². The van der Waals surface area contributed by atoms with Gasteiger partial charge in [-0.15, -0.1) is 0 Å². The molecule has 0 spiro atoms.